The number of carboxylic acid groups (broad SMARTS) is 4. The van der Waals surface area contributed by atoms with Crippen molar-refractivity contribution >= 4 is 89.9 Å². The third kappa shape index (κ3) is 9.68. The molecule has 0 amide bonds. The standard InChI is InChI=1S/C34H34Br2O12S2/c1-3-5-7-9-11-17-13-23(49-29(17)35)19-15-21(45-31(37)38)25-22(46-32(39)40)16-20(24-14-18(30(36)50-24)12-10-8-6-4-2)28(48-34(43)44)26(25)27(19)47-33(41)42/h13-16H,3-12H2,1-2H3,(H,37,38)(H,39,40)(H,41,42)(H,43,44). The van der Waals surface area contributed by atoms with Gasteiger partial charge in [0.15, 0.2) is 11.5 Å². The van der Waals surface area contributed by atoms with Gasteiger partial charge < -0.3 is 39.4 Å². The lowest BCUT2D eigenvalue weighted by atomic mass is 9.96. The highest BCUT2D eigenvalue weighted by molar-refractivity contribution is 9.11. The molecular formula is C34H34Br2O12S2. The van der Waals surface area contributed by atoms with Gasteiger partial charge in [-0.3, -0.25) is 0 Å². The molecule has 4 aromatic rings. The van der Waals surface area contributed by atoms with E-state index in [2.05, 4.69) is 45.7 Å². The summed E-state index contributed by atoms with van der Waals surface area (Å²) in [6, 6.07) is 5.95. The number of halogens is 2. The van der Waals surface area contributed by atoms with Crippen LogP contribution in [0.25, 0.3) is 31.7 Å². The number of thiophene rings is 2. The zero-order valence-electron chi connectivity index (χ0n) is 27.0. The highest BCUT2D eigenvalue weighted by atomic mass is 79.9. The van der Waals surface area contributed by atoms with Gasteiger partial charge in [-0.25, -0.2) is 19.2 Å². The molecule has 0 spiro atoms. The fraction of sp³-hybridized carbons (Fsp3) is 0.353. The molecule has 0 fully saturated rings. The number of unbranched alkanes of at least 4 members (excludes halogenated alkanes) is 6. The monoisotopic (exact) mass is 856 g/mol. The molecule has 2 heterocycles. The van der Waals surface area contributed by atoms with E-state index in [9.17, 15) is 39.6 Å². The molecule has 16 heteroatoms. The largest absolute Gasteiger partial charge is 0.511 e. The van der Waals surface area contributed by atoms with E-state index in [0.29, 0.717) is 22.6 Å². The predicted molar refractivity (Wildman–Crippen MR) is 196 cm³/mol. The summed E-state index contributed by atoms with van der Waals surface area (Å²) < 4.78 is 22.4. The van der Waals surface area contributed by atoms with Crippen molar-refractivity contribution in [1.29, 1.82) is 0 Å². The molecule has 4 N–H and O–H groups in total. The molecule has 12 nitrogen and oxygen atoms in total. The van der Waals surface area contributed by atoms with Crippen LogP contribution in [0.3, 0.4) is 0 Å². The van der Waals surface area contributed by atoms with Crippen molar-refractivity contribution in [2.45, 2.75) is 78.1 Å². The van der Waals surface area contributed by atoms with Crippen molar-refractivity contribution < 1.29 is 58.6 Å². The number of carbonyl (C=O) groups is 4. The Labute approximate surface area is 311 Å². The predicted octanol–water partition coefficient (Wildman–Crippen LogP) is 12.3. The fourth-order valence-electron chi connectivity index (χ4n) is 5.51. The van der Waals surface area contributed by atoms with Gasteiger partial charge in [-0.1, -0.05) is 52.4 Å². The van der Waals surface area contributed by atoms with Crippen LogP contribution in [0.1, 0.15) is 76.3 Å². The van der Waals surface area contributed by atoms with Gasteiger partial charge in [-0.2, -0.15) is 0 Å². The van der Waals surface area contributed by atoms with E-state index in [4.69, 9.17) is 18.9 Å². The molecule has 0 aliphatic heterocycles. The second kappa shape index (κ2) is 17.9. The quantitative estimate of drug-likeness (QED) is 0.0475. The Kier molecular flexibility index (Phi) is 13.9. The zero-order chi connectivity index (χ0) is 36.5. The zero-order valence-corrected chi connectivity index (χ0v) is 31.8. The lowest BCUT2D eigenvalue weighted by molar-refractivity contribution is 0.140. The summed E-state index contributed by atoms with van der Waals surface area (Å²) >= 11 is 9.58. The molecule has 0 aliphatic carbocycles. The Balaban J connectivity index is 2.11. The maximum Gasteiger partial charge on any atom is 0.511 e. The molecule has 50 heavy (non-hydrogen) atoms. The van der Waals surface area contributed by atoms with Crippen LogP contribution in [0.5, 0.6) is 23.0 Å². The summed E-state index contributed by atoms with van der Waals surface area (Å²) in [6.07, 6.45) is 2.25. The Morgan fingerprint density at radius 2 is 0.940 bits per heavy atom. The number of benzene rings is 2. The van der Waals surface area contributed by atoms with E-state index in [-0.39, 0.29) is 16.5 Å². The van der Waals surface area contributed by atoms with Crippen LogP contribution in [0.15, 0.2) is 31.8 Å². The van der Waals surface area contributed by atoms with Gasteiger partial charge in [0, 0.05) is 20.9 Å². The van der Waals surface area contributed by atoms with Gasteiger partial charge in [0.05, 0.1) is 18.3 Å². The Bertz CT molecular complexity index is 1770. The lowest BCUT2D eigenvalue weighted by Crippen LogP contribution is -2.11. The van der Waals surface area contributed by atoms with Crippen LogP contribution in [0, 0.1) is 0 Å². The van der Waals surface area contributed by atoms with Crippen LogP contribution in [-0.2, 0) is 12.8 Å². The first-order chi connectivity index (χ1) is 23.8. The minimum atomic E-state index is -1.78. The van der Waals surface area contributed by atoms with E-state index >= 15 is 0 Å². The minimum absolute atomic E-state index is 0.0271. The second-order valence-electron chi connectivity index (χ2n) is 11.2. The van der Waals surface area contributed by atoms with E-state index < -0.39 is 53.0 Å². The Morgan fingerprint density at radius 3 is 1.28 bits per heavy atom. The van der Waals surface area contributed by atoms with Gasteiger partial charge in [0.2, 0.25) is 0 Å². The van der Waals surface area contributed by atoms with Gasteiger partial charge in [-0.15, -0.1) is 22.7 Å². The number of rotatable bonds is 16. The maximum absolute atomic E-state index is 12.2. The highest BCUT2D eigenvalue weighted by Gasteiger charge is 2.31. The van der Waals surface area contributed by atoms with Gasteiger partial charge in [-0.05, 0) is 92.9 Å². The van der Waals surface area contributed by atoms with Gasteiger partial charge in [0.25, 0.3) is 0 Å². The number of fused-ring (bicyclic) bond motifs is 1. The molecule has 0 aliphatic rings. The number of ether oxygens (including phenoxy) is 4. The van der Waals surface area contributed by atoms with E-state index in [1.54, 1.807) is 12.1 Å². The molecule has 0 unspecified atom stereocenters. The molecule has 0 bridgehead atoms. The molecule has 2 aromatic heterocycles. The number of aryl methyl sites for hydroxylation is 2. The number of hydrogen-bond donors (Lipinski definition) is 4. The Morgan fingerprint density at radius 1 is 0.560 bits per heavy atom. The van der Waals surface area contributed by atoms with E-state index in [1.807, 2.05) is 0 Å². The normalized spacial score (nSPS) is 11.0. The third-order valence-electron chi connectivity index (χ3n) is 7.66. The van der Waals surface area contributed by atoms with Gasteiger partial charge in [0.1, 0.15) is 11.5 Å². The van der Waals surface area contributed by atoms with E-state index in [1.165, 1.54) is 34.8 Å². The average molecular weight is 859 g/mol. The van der Waals surface area contributed by atoms with Crippen molar-refractivity contribution in [3.63, 3.8) is 0 Å². The molecule has 4 rings (SSSR count). The van der Waals surface area contributed by atoms with Crippen LogP contribution < -0.4 is 18.9 Å². The maximum atomic E-state index is 12.2. The van der Waals surface area contributed by atoms with Crippen LogP contribution in [-0.4, -0.2) is 45.0 Å². The highest BCUT2D eigenvalue weighted by Crippen LogP contribution is 2.55. The van der Waals surface area contributed by atoms with Crippen molar-refractivity contribution in [1.82, 2.24) is 0 Å². The SMILES string of the molecule is CCCCCCc1cc(-c2cc(OC(=O)O)c3c(OC(=O)O)cc(-c4cc(CCCCCC)c(Br)s4)c(OC(=O)O)c3c2OC(=O)O)sc1Br. The van der Waals surface area contributed by atoms with Gasteiger partial charge >= 0.3 is 24.6 Å². The number of hydrogen-bond acceptors (Lipinski definition) is 10. The summed E-state index contributed by atoms with van der Waals surface area (Å²) in [5.41, 5.74) is 1.87. The smallest absolute Gasteiger partial charge is 0.449 e. The summed E-state index contributed by atoms with van der Waals surface area (Å²) in [5.74, 6) is -1.84. The van der Waals surface area contributed by atoms with Crippen molar-refractivity contribution in [3.8, 4) is 43.9 Å². The van der Waals surface area contributed by atoms with Crippen molar-refractivity contribution in [2.24, 2.45) is 0 Å². The van der Waals surface area contributed by atoms with Crippen LogP contribution >= 0.6 is 54.5 Å². The third-order valence-corrected chi connectivity index (χ3v) is 11.6. The summed E-state index contributed by atoms with van der Waals surface area (Å²) in [7, 11) is 0. The second-order valence-corrected chi connectivity index (χ2v) is 15.9. The van der Waals surface area contributed by atoms with Crippen LogP contribution in [0.2, 0.25) is 0 Å². The molecule has 0 saturated carbocycles. The molecule has 0 radical (unpaired) electrons. The molecular weight excluding hydrogens is 824 g/mol. The molecule has 0 saturated heterocycles. The first-order valence-electron chi connectivity index (χ1n) is 15.7. The first kappa shape index (κ1) is 38.9. The van der Waals surface area contributed by atoms with E-state index in [0.717, 1.165) is 70.1 Å². The van der Waals surface area contributed by atoms with Crippen molar-refractivity contribution in [3.05, 3.63) is 43.0 Å². The molecule has 268 valence electrons. The van der Waals surface area contributed by atoms with Crippen LogP contribution in [0.4, 0.5) is 19.2 Å². The fourth-order valence-corrected chi connectivity index (χ4v) is 9.08. The minimum Gasteiger partial charge on any atom is -0.449 e. The summed E-state index contributed by atoms with van der Waals surface area (Å²) in [4.78, 5) is 49.3. The molecule has 2 aromatic carbocycles. The first-order valence-corrected chi connectivity index (χ1v) is 18.9. The topological polar surface area (TPSA) is 186 Å². The lowest BCUT2D eigenvalue weighted by Gasteiger charge is -2.20. The Hall–Kier alpha value is -3.86. The average Bonchev–Trinajstić information content (AvgIpc) is 3.59. The molecule has 0 atom stereocenters. The summed E-state index contributed by atoms with van der Waals surface area (Å²) in [5, 5.41) is 38.5. The summed E-state index contributed by atoms with van der Waals surface area (Å²) in [6.45, 7) is 4.20. The van der Waals surface area contributed by atoms with Crippen molar-refractivity contribution in [2.75, 3.05) is 0 Å².